The van der Waals surface area contributed by atoms with Crippen molar-refractivity contribution < 1.29 is 0 Å². The van der Waals surface area contributed by atoms with Crippen molar-refractivity contribution in [1.82, 2.24) is 4.57 Å². The Labute approximate surface area is 331 Å². The molecule has 0 radical (unpaired) electrons. The third kappa shape index (κ3) is 4.86. The molecule has 0 amide bonds. The summed E-state index contributed by atoms with van der Waals surface area (Å²) >= 11 is 3.76. The van der Waals surface area contributed by atoms with Gasteiger partial charge in [0.2, 0.25) is 0 Å². The van der Waals surface area contributed by atoms with E-state index in [1.807, 2.05) is 22.7 Å². The van der Waals surface area contributed by atoms with E-state index < -0.39 is 0 Å². The van der Waals surface area contributed by atoms with Crippen LogP contribution in [0.3, 0.4) is 0 Å². The lowest BCUT2D eigenvalue weighted by molar-refractivity contribution is 1.18. The maximum absolute atomic E-state index is 2.43. The smallest absolute Gasteiger partial charge is 0.0555 e. The van der Waals surface area contributed by atoms with Crippen molar-refractivity contribution in [3.63, 3.8) is 0 Å². The Morgan fingerprint density at radius 2 is 0.982 bits per heavy atom. The number of anilines is 3. The number of fused-ring (bicyclic) bond motifs is 11. The highest BCUT2D eigenvalue weighted by molar-refractivity contribution is 7.27. The molecule has 0 spiro atoms. The molecule has 9 aromatic carbocycles. The first-order valence-corrected chi connectivity index (χ1v) is 20.6. The Morgan fingerprint density at radius 1 is 0.357 bits per heavy atom. The second kappa shape index (κ2) is 12.4. The largest absolute Gasteiger partial charge is 0.310 e. The molecule has 0 aliphatic rings. The third-order valence-electron chi connectivity index (χ3n) is 11.4. The lowest BCUT2D eigenvalue weighted by atomic mass is 10.0. The fraction of sp³-hybridized carbons (Fsp3) is 0. The first kappa shape index (κ1) is 31.6. The number of thiophene rings is 2. The summed E-state index contributed by atoms with van der Waals surface area (Å²) in [6, 6.07) is 71.4. The quantitative estimate of drug-likeness (QED) is 0.170. The van der Waals surface area contributed by atoms with E-state index in [1.165, 1.54) is 89.7 Å². The molecule has 262 valence electrons. The van der Waals surface area contributed by atoms with Crippen LogP contribution in [0.4, 0.5) is 17.1 Å². The zero-order chi connectivity index (χ0) is 36.7. The lowest BCUT2D eigenvalue weighted by Crippen LogP contribution is -2.09. The van der Waals surface area contributed by atoms with E-state index >= 15 is 0 Å². The first-order valence-electron chi connectivity index (χ1n) is 19.0. The van der Waals surface area contributed by atoms with Crippen LogP contribution in [-0.2, 0) is 0 Å². The molecule has 0 atom stereocenters. The minimum absolute atomic E-state index is 1.12. The van der Waals surface area contributed by atoms with Crippen LogP contribution in [0.1, 0.15) is 0 Å². The van der Waals surface area contributed by atoms with Gasteiger partial charge >= 0.3 is 0 Å². The van der Waals surface area contributed by atoms with Gasteiger partial charge in [0.25, 0.3) is 0 Å². The van der Waals surface area contributed by atoms with Crippen molar-refractivity contribution in [2.24, 2.45) is 0 Å². The number of para-hydroxylation sites is 1. The Hall–Kier alpha value is -6.72. The summed E-state index contributed by atoms with van der Waals surface area (Å²) in [5, 5.41) is 10.3. The molecule has 0 N–H and O–H groups in total. The van der Waals surface area contributed by atoms with Crippen molar-refractivity contribution in [3.05, 3.63) is 194 Å². The molecule has 0 aliphatic carbocycles. The fourth-order valence-electron chi connectivity index (χ4n) is 8.74. The molecule has 12 rings (SSSR count). The highest BCUT2D eigenvalue weighted by atomic mass is 32.1. The molecule has 56 heavy (non-hydrogen) atoms. The second-order valence-corrected chi connectivity index (χ2v) is 16.7. The molecule has 0 bridgehead atoms. The van der Waals surface area contributed by atoms with E-state index in [2.05, 4.69) is 204 Å². The van der Waals surface area contributed by atoms with Gasteiger partial charge in [-0.2, -0.15) is 0 Å². The molecule has 0 saturated heterocycles. The van der Waals surface area contributed by atoms with Gasteiger partial charge in [0, 0.05) is 73.9 Å². The Balaban J connectivity index is 1.02. The monoisotopic (exact) mass is 748 g/mol. The average molecular weight is 749 g/mol. The molecule has 0 unspecified atom stereocenters. The molecule has 0 fully saturated rings. The van der Waals surface area contributed by atoms with Gasteiger partial charge in [-0.25, -0.2) is 0 Å². The van der Waals surface area contributed by atoms with Crippen molar-refractivity contribution in [2.75, 3.05) is 4.90 Å². The molecule has 4 heteroatoms. The van der Waals surface area contributed by atoms with Crippen LogP contribution in [0.2, 0.25) is 0 Å². The first-order chi connectivity index (χ1) is 27.7. The van der Waals surface area contributed by atoms with Crippen LogP contribution in [-0.4, -0.2) is 4.57 Å². The van der Waals surface area contributed by atoms with E-state index in [4.69, 9.17) is 0 Å². The normalized spacial score (nSPS) is 11.9. The van der Waals surface area contributed by atoms with Gasteiger partial charge < -0.3 is 9.47 Å². The maximum atomic E-state index is 2.43. The summed E-state index contributed by atoms with van der Waals surface area (Å²) in [5.74, 6) is 0. The van der Waals surface area contributed by atoms with Crippen molar-refractivity contribution in [3.8, 4) is 16.8 Å². The minimum Gasteiger partial charge on any atom is -0.310 e. The molecular formula is C52H32N2S2. The number of hydrogen-bond acceptors (Lipinski definition) is 3. The van der Waals surface area contributed by atoms with E-state index in [9.17, 15) is 0 Å². The summed E-state index contributed by atoms with van der Waals surface area (Å²) < 4.78 is 7.72. The van der Waals surface area contributed by atoms with Crippen LogP contribution >= 0.6 is 22.7 Å². The number of aromatic nitrogens is 1. The fourth-order valence-corrected chi connectivity index (χ4v) is 11.1. The molecule has 0 aliphatic heterocycles. The van der Waals surface area contributed by atoms with Crippen molar-refractivity contribution in [1.29, 1.82) is 0 Å². The van der Waals surface area contributed by atoms with E-state index in [1.54, 1.807) is 0 Å². The van der Waals surface area contributed by atoms with Gasteiger partial charge in [-0.05, 0) is 107 Å². The van der Waals surface area contributed by atoms with Gasteiger partial charge in [-0.1, -0.05) is 109 Å². The molecule has 3 heterocycles. The molecule has 0 saturated carbocycles. The Bertz CT molecular complexity index is 3480. The second-order valence-electron chi connectivity index (χ2n) is 14.5. The summed E-state index contributed by atoms with van der Waals surface area (Å²) in [6.45, 7) is 0. The van der Waals surface area contributed by atoms with E-state index in [0.29, 0.717) is 0 Å². The molecule has 2 nitrogen and oxygen atoms in total. The van der Waals surface area contributed by atoms with Crippen LogP contribution in [0.25, 0.3) is 89.7 Å². The number of benzene rings is 9. The van der Waals surface area contributed by atoms with Crippen LogP contribution in [0.5, 0.6) is 0 Å². The summed E-state index contributed by atoms with van der Waals surface area (Å²) in [4.78, 5) is 2.40. The number of rotatable bonds is 5. The minimum atomic E-state index is 1.12. The van der Waals surface area contributed by atoms with Crippen LogP contribution in [0.15, 0.2) is 194 Å². The summed E-state index contributed by atoms with van der Waals surface area (Å²) in [5.41, 5.74) is 9.43. The van der Waals surface area contributed by atoms with Gasteiger partial charge in [-0.3, -0.25) is 0 Å². The predicted molar refractivity (Wildman–Crippen MR) is 244 cm³/mol. The zero-order valence-electron chi connectivity index (χ0n) is 30.2. The standard InChI is InChI=1S/C52H32N2S2/c1-2-12-37(13-3-1)54-46-27-21-36(31-45(46)51-47(54)28-26-43-41-14-6-9-17-49(41)56-52(43)51)34-18-22-38(23-19-34)53(39-24-20-33-10-4-5-11-35(33)30-39)40-25-29-50-44(32-40)42-15-7-8-16-48(42)55-50/h1-32H. The van der Waals surface area contributed by atoms with Crippen LogP contribution in [0, 0.1) is 0 Å². The predicted octanol–water partition coefficient (Wildman–Crippen LogP) is 15.8. The molecule has 3 aromatic heterocycles. The van der Waals surface area contributed by atoms with E-state index in [-0.39, 0.29) is 0 Å². The number of nitrogens with zero attached hydrogens (tertiary/aromatic N) is 2. The number of hydrogen-bond donors (Lipinski definition) is 0. The maximum Gasteiger partial charge on any atom is 0.0555 e. The SMILES string of the molecule is c1ccc(-n2c3ccc(-c4ccc(N(c5ccc6ccccc6c5)c5ccc6sc7ccccc7c6c5)cc4)cc3c3c4sc5ccccc5c4ccc32)cc1. The highest BCUT2D eigenvalue weighted by Crippen LogP contribution is 2.45. The zero-order valence-corrected chi connectivity index (χ0v) is 31.8. The summed E-state index contributed by atoms with van der Waals surface area (Å²) in [7, 11) is 0. The van der Waals surface area contributed by atoms with Crippen molar-refractivity contribution in [2.45, 2.75) is 0 Å². The average Bonchev–Trinajstić information content (AvgIpc) is 3.93. The Kier molecular flexibility index (Phi) is 7.00. The van der Waals surface area contributed by atoms with Gasteiger partial charge in [0.05, 0.1) is 11.0 Å². The van der Waals surface area contributed by atoms with Gasteiger partial charge in [0.15, 0.2) is 0 Å². The van der Waals surface area contributed by atoms with Crippen LogP contribution < -0.4 is 4.90 Å². The van der Waals surface area contributed by atoms with E-state index in [0.717, 1.165) is 17.1 Å². The topological polar surface area (TPSA) is 8.17 Å². The molecule has 12 aromatic rings. The highest BCUT2D eigenvalue weighted by Gasteiger charge is 2.19. The van der Waals surface area contributed by atoms with Crippen molar-refractivity contribution >= 4 is 113 Å². The molecular weight excluding hydrogens is 717 g/mol. The lowest BCUT2D eigenvalue weighted by Gasteiger charge is -2.26. The van der Waals surface area contributed by atoms with Gasteiger partial charge in [0.1, 0.15) is 0 Å². The third-order valence-corrected chi connectivity index (χ3v) is 13.7. The Morgan fingerprint density at radius 3 is 1.82 bits per heavy atom. The summed E-state index contributed by atoms with van der Waals surface area (Å²) in [6.07, 6.45) is 0. The van der Waals surface area contributed by atoms with Gasteiger partial charge in [-0.15, -0.1) is 22.7 Å².